The molecule has 0 aliphatic carbocycles. The predicted octanol–water partition coefficient (Wildman–Crippen LogP) is 3.73. The molecule has 3 heteroatoms. The minimum absolute atomic E-state index is 0.141. The zero-order chi connectivity index (χ0) is 15.1. The van der Waals surface area contributed by atoms with Gasteiger partial charge in [-0.2, -0.15) is 0 Å². The third-order valence-electron chi connectivity index (χ3n) is 3.52. The molecule has 2 aromatic rings. The second kappa shape index (κ2) is 7.48. The van der Waals surface area contributed by atoms with E-state index in [1.165, 1.54) is 11.1 Å². The van der Waals surface area contributed by atoms with Crippen LogP contribution in [0.15, 0.2) is 54.6 Å². The van der Waals surface area contributed by atoms with Crippen LogP contribution < -0.4 is 4.90 Å². The Morgan fingerprint density at radius 2 is 1.62 bits per heavy atom. The summed E-state index contributed by atoms with van der Waals surface area (Å²) in [6.45, 7) is 3.37. The summed E-state index contributed by atoms with van der Waals surface area (Å²) in [7, 11) is 0. The van der Waals surface area contributed by atoms with Crippen LogP contribution in [0.2, 0.25) is 0 Å². The zero-order valence-electron chi connectivity index (χ0n) is 12.3. The molecule has 0 fully saturated rings. The van der Waals surface area contributed by atoms with Crippen LogP contribution in [0.4, 0.5) is 5.69 Å². The molecule has 21 heavy (non-hydrogen) atoms. The Kier molecular flexibility index (Phi) is 5.38. The van der Waals surface area contributed by atoms with Gasteiger partial charge in [0.1, 0.15) is 0 Å². The van der Waals surface area contributed by atoms with Gasteiger partial charge < -0.3 is 10.0 Å². The summed E-state index contributed by atoms with van der Waals surface area (Å²) in [4.78, 5) is 13.0. The minimum Gasteiger partial charge on any atom is -0.481 e. The molecule has 0 amide bonds. The molecule has 2 rings (SSSR count). The van der Waals surface area contributed by atoms with Crippen molar-refractivity contribution in [1.82, 2.24) is 0 Å². The summed E-state index contributed by atoms with van der Waals surface area (Å²) in [5, 5.41) is 8.92. The largest absolute Gasteiger partial charge is 0.481 e. The molecule has 0 aliphatic rings. The molecule has 0 aliphatic heterocycles. The third-order valence-corrected chi connectivity index (χ3v) is 3.52. The van der Waals surface area contributed by atoms with E-state index in [0.29, 0.717) is 6.54 Å². The van der Waals surface area contributed by atoms with Gasteiger partial charge in [0.15, 0.2) is 0 Å². The minimum atomic E-state index is -0.766. The standard InChI is InChI=1S/C18H21NO2/c1-2-15-8-10-16(11-9-15)14-19(13-12-18(20)21)17-6-4-3-5-7-17/h3-11H,2,12-14H2,1H3,(H,20,21). The molecule has 0 radical (unpaired) electrons. The number of carboxylic acids is 1. The SMILES string of the molecule is CCc1ccc(CN(CCC(=O)O)c2ccccc2)cc1. The van der Waals surface area contributed by atoms with Crippen molar-refractivity contribution >= 4 is 11.7 Å². The van der Waals surface area contributed by atoms with E-state index in [9.17, 15) is 4.79 Å². The summed E-state index contributed by atoms with van der Waals surface area (Å²) in [5.41, 5.74) is 3.57. The van der Waals surface area contributed by atoms with Crippen molar-refractivity contribution in [3.8, 4) is 0 Å². The quantitative estimate of drug-likeness (QED) is 0.841. The molecule has 0 aromatic heterocycles. The van der Waals surface area contributed by atoms with Crippen LogP contribution in [-0.4, -0.2) is 17.6 Å². The van der Waals surface area contributed by atoms with Gasteiger partial charge in [0.2, 0.25) is 0 Å². The summed E-state index contributed by atoms with van der Waals surface area (Å²) in [5.74, 6) is -0.766. The lowest BCUT2D eigenvalue weighted by Crippen LogP contribution is -2.25. The van der Waals surface area contributed by atoms with Crippen LogP contribution in [0.3, 0.4) is 0 Å². The average molecular weight is 283 g/mol. The van der Waals surface area contributed by atoms with Crippen molar-refractivity contribution in [2.75, 3.05) is 11.4 Å². The molecule has 0 bridgehead atoms. The van der Waals surface area contributed by atoms with Crippen molar-refractivity contribution < 1.29 is 9.90 Å². The van der Waals surface area contributed by atoms with Crippen molar-refractivity contribution in [2.24, 2.45) is 0 Å². The summed E-state index contributed by atoms with van der Waals surface area (Å²) < 4.78 is 0. The van der Waals surface area contributed by atoms with Gasteiger partial charge in [0, 0.05) is 18.8 Å². The van der Waals surface area contributed by atoms with Crippen molar-refractivity contribution in [3.05, 3.63) is 65.7 Å². The topological polar surface area (TPSA) is 40.5 Å². The maximum atomic E-state index is 10.8. The van der Waals surface area contributed by atoms with Gasteiger partial charge in [-0.1, -0.05) is 49.4 Å². The highest BCUT2D eigenvalue weighted by molar-refractivity contribution is 5.67. The molecular formula is C18H21NO2. The van der Waals surface area contributed by atoms with Gasteiger partial charge in [-0.15, -0.1) is 0 Å². The predicted molar refractivity (Wildman–Crippen MR) is 85.6 cm³/mol. The fourth-order valence-corrected chi connectivity index (χ4v) is 2.27. The van der Waals surface area contributed by atoms with Gasteiger partial charge in [0.25, 0.3) is 0 Å². The number of anilines is 1. The Labute approximate surface area is 125 Å². The Bertz CT molecular complexity index is 564. The fraction of sp³-hybridized carbons (Fsp3) is 0.278. The number of nitrogens with zero attached hydrogens (tertiary/aromatic N) is 1. The number of carboxylic acid groups (broad SMARTS) is 1. The smallest absolute Gasteiger partial charge is 0.305 e. The number of aryl methyl sites for hydroxylation is 1. The van der Waals surface area contributed by atoms with Crippen LogP contribution in [0, 0.1) is 0 Å². The molecule has 1 N–H and O–H groups in total. The number of rotatable bonds is 7. The van der Waals surface area contributed by atoms with E-state index < -0.39 is 5.97 Å². The molecular weight excluding hydrogens is 262 g/mol. The zero-order valence-corrected chi connectivity index (χ0v) is 12.3. The first kappa shape index (κ1) is 15.1. The first-order valence-electron chi connectivity index (χ1n) is 7.28. The van der Waals surface area contributed by atoms with Gasteiger partial charge >= 0.3 is 5.97 Å². The van der Waals surface area contributed by atoms with E-state index in [2.05, 4.69) is 36.1 Å². The fourth-order valence-electron chi connectivity index (χ4n) is 2.27. The molecule has 0 saturated carbocycles. The molecule has 0 atom stereocenters. The lowest BCUT2D eigenvalue weighted by atomic mass is 10.1. The first-order chi connectivity index (χ1) is 10.2. The Morgan fingerprint density at radius 3 is 2.19 bits per heavy atom. The van der Waals surface area contributed by atoms with E-state index in [1.807, 2.05) is 30.3 Å². The summed E-state index contributed by atoms with van der Waals surface area (Å²) >= 11 is 0. The molecule has 110 valence electrons. The van der Waals surface area contributed by atoms with E-state index in [4.69, 9.17) is 5.11 Å². The third kappa shape index (κ3) is 4.63. The average Bonchev–Trinajstić information content (AvgIpc) is 2.52. The summed E-state index contributed by atoms with van der Waals surface area (Å²) in [6.07, 6.45) is 1.17. The second-order valence-electron chi connectivity index (χ2n) is 5.07. The monoisotopic (exact) mass is 283 g/mol. The Balaban J connectivity index is 2.12. The molecule has 0 spiro atoms. The van der Waals surface area contributed by atoms with Crippen LogP contribution in [-0.2, 0) is 17.8 Å². The maximum absolute atomic E-state index is 10.8. The number of benzene rings is 2. The van der Waals surface area contributed by atoms with Crippen molar-refractivity contribution in [2.45, 2.75) is 26.3 Å². The lowest BCUT2D eigenvalue weighted by Gasteiger charge is -2.24. The molecule has 0 saturated heterocycles. The Hall–Kier alpha value is -2.29. The van der Waals surface area contributed by atoms with Crippen molar-refractivity contribution in [3.63, 3.8) is 0 Å². The highest BCUT2D eigenvalue weighted by Crippen LogP contribution is 2.17. The van der Waals surface area contributed by atoms with E-state index in [-0.39, 0.29) is 6.42 Å². The van der Waals surface area contributed by atoms with E-state index in [0.717, 1.165) is 18.7 Å². The lowest BCUT2D eigenvalue weighted by molar-refractivity contribution is -0.136. The number of aliphatic carboxylic acids is 1. The second-order valence-corrected chi connectivity index (χ2v) is 5.07. The van der Waals surface area contributed by atoms with Crippen LogP contribution in [0.1, 0.15) is 24.5 Å². The first-order valence-corrected chi connectivity index (χ1v) is 7.28. The van der Waals surface area contributed by atoms with Crippen LogP contribution >= 0.6 is 0 Å². The normalized spacial score (nSPS) is 10.3. The number of para-hydroxylation sites is 1. The van der Waals surface area contributed by atoms with Gasteiger partial charge in [-0.3, -0.25) is 4.79 Å². The highest BCUT2D eigenvalue weighted by atomic mass is 16.4. The number of carbonyl (C=O) groups is 1. The van der Waals surface area contributed by atoms with Crippen LogP contribution in [0.25, 0.3) is 0 Å². The summed E-state index contributed by atoms with van der Waals surface area (Å²) in [6, 6.07) is 18.5. The van der Waals surface area contributed by atoms with Gasteiger partial charge in [-0.05, 0) is 29.7 Å². The molecule has 0 heterocycles. The van der Waals surface area contributed by atoms with E-state index >= 15 is 0 Å². The van der Waals surface area contributed by atoms with Gasteiger partial charge in [0.05, 0.1) is 6.42 Å². The van der Waals surface area contributed by atoms with E-state index in [1.54, 1.807) is 0 Å². The van der Waals surface area contributed by atoms with Crippen LogP contribution in [0.5, 0.6) is 0 Å². The molecule has 2 aromatic carbocycles. The highest BCUT2D eigenvalue weighted by Gasteiger charge is 2.09. The molecule has 0 unspecified atom stereocenters. The Morgan fingerprint density at radius 1 is 1.00 bits per heavy atom. The number of hydrogen-bond donors (Lipinski definition) is 1. The number of hydrogen-bond acceptors (Lipinski definition) is 2. The maximum Gasteiger partial charge on any atom is 0.305 e. The van der Waals surface area contributed by atoms with Gasteiger partial charge in [-0.25, -0.2) is 0 Å². The molecule has 3 nitrogen and oxygen atoms in total. The van der Waals surface area contributed by atoms with Crippen molar-refractivity contribution in [1.29, 1.82) is 0 Å².